The highest BCUT2D eigenvalue weighted by Gasteiger charge is 2.29. The Morgan fingerprint density at radius 1 is 1.57 bits per heavy atom. The first-order chi connectivity index (χ1) is 6.50. The van der Waals surface area contributed by atoms with Crippen molar-refractivity contribution in [3.8, 4) is 0 Å². The molecule has 80 valence electrons. The monoisotopic (exact) mass is 198 g/mol. The second kappa shape index (κ2) is 4.55. The van der Waals surface area contributed by atoms with Crippen LogP contribution in [0.25, 0.3) is 0 Å². The molecule has 4 nitrogen and oxygen atoms in total. The van der Waals surface area contributed by atoms with Crippen LogP contribution in [0, 0.1) is 5.92 Å². The Morgan fingerprint density at radius 2 is 2.21 bits per heavy atom. The van der Waals surface area contributed by atoms with E-state index in [0.717, 1.165) is 6.42 Å². The molecule has 0 radical (unpaired) electrons. The Balaban J connectivity index is 2.48. The maximum atomic E-state index is 11.5. The lowest BCUT2D eigenvalue weighted by atomic mass is 10.00. The van der Waals surface area contributed by atoms with Crippen molar-refractivity contribution >= 4 is 11.7 Å². The molecule has 1 aliphatic rings. The van der Waals surface area contributed by atoms with E-state index in [-0.39, 0.29) is 23.8 Å². The average Bonchev–Trinajstić information content (AvgIpc) is 2.07. The van der Waals surface area contributed by atoms with Crippen LogP contribution >= 0.6 is 0 Å². The number of rotatable bonds is 3. The molecule has 1 saturated heterocycles. The van der Waals surface area contributed by atoms with E-state index in [0.29, 0.717) is 12.5 Å². The highest BCUT2D eigenvalue weighted by molar-refractivity contribution is 5.91. The van der Waals surface area contributed by atoms with Gasteiger partial charge in [0.1, 0.15) is 0 Å². The van der Waals surface area contributed by atoms with Crippen LogP contribution in [-0.4, -0.2) is 30.3 Å². The molecule has 4 heteroatoms. The van der Waals surface area contributed by atoms with Crippen molar-refractivity contribution in [2.45, 2.75) is 39.3 Å². The van der Waals surface area contributed by atoms with Crippen LogP contribution in [-0.2, 0) is 9.59 Å². The Kier molecular flexibility index (Phi) is 3.63. The van der Waals surface area contributed by atoms with Crippen LogP contribution < -0.4 is 10.6 Å². The predicted molar refractivity (Wildman–Crippen MR) is 53.9 cm³/mol. The van der Waals surface area contributed by atoms with Crippen molar-refractivity contribution in [3.05, 3.63) is 0 Å². The molecule has 0 saturated carbocycles. The van der Waals surface area contributed by atoms with Crippen molar-refractivity contribution < 1.29 is 9.59 Å². The molecular weight excluding hydrogens is 180 g/mol. The van der Waals surface area contributed by atoms with Gasteiger partial charge >= 0.3 is 0 Å². The predicted octanol–water partition coefficient (Wildman–Crippen LogP) is 0.0781. The zero-order valence-electron chi connectivity index (χ0n) is 8.96. The van der Waals surface area contributed by atoms with Crippen LogP contribution in [0.15, 0.2) is 0 Å². The summed E-state index contributed by atoms with van der Waals surface area (Å²) >= 11 is 0. The second-order valence-electron chi connectivity index (χ2n) is 4.26. The first-order valence-corrected chi connectivity index (χ1v) is 5.05. The molecule has 2 atom stereocenters. The van der Waals surface area contributed by atoms with Crippen LogP contribution in [0.5, 0.6) is 0 Å². The van der Waals surface area contributed by atoms with E-state index in [4.69, 9.17) is 0 Å². The molecule has 1 amide bonds. The first-order valence-electron chi connectivity index (χ1n) is 5.05. The molecule has 1 heterocycles. The summed E-state index contributed by atoms with van der Waals surface area (Å²) in [6, 6.07) is -0.475. The molecule has 1 aliphatic heterocycles. The van der Waals surface area contributed by atoms with Gasteiger partial charge in [-0.3, -0.25) is 9.59 Å². The van der Waals surface area contributed by atoms with Crippen LogP contribution in [0.4, 0.5) is 0 Å². The third kappa shape index (κ3) is 2.80. The lowest BCUT2D eigenvalue weighted by Gasteiger charge is -2.29. The second-order valence-corrected chi connectivity index (χ2v) is 4.26. The van der Waals surface area contributed by atoms with Crippen molar-refractivity contribution in [2.75, 3.05) is 6.54 Å². The van der Waals surface area contributed by atoms with Crippen LogP contribution in [0.2, 0.25) is 0 Å². The zero-order chi connectivity index (χ0) is 10.7. The number of nitrogens with one attached hydrogen (secondary N) is 2. The number of carbonyl (C=O) groups is 2. The van der Waals surface area contributed by atoms with Gasteiger partial charge in [-0.1, -0.05) is 13.8 Å². The van der Waals surface area contributed by atoms with Gasteiger partial charge in [0.05, 0.1) is 12.1 Å². The van der Waals surface area contributed by atoms with Crippen molar-refractivity contribution in [1.29, 1.82) is 0 Å². The Morgan fingerprint density at radius 3 is 2.64 bits per heavy atom. The van der Waals surface area contributed by atoms with Gasteiger partial charge in [-0.2, -0.15) is 0 Å². The molecule has 1 rings (SSSR count). The van der Waals surface area contributed by atoms with Gasteiger partial charge in [0.25, 0.3) is 0 Å². The quantitative estimate of drug-likeness (QED) is 0.675. The average molecular weight is 198 g/mol. The van der Waals surface area contributed by atoms with Crippen LogP contribution in [0.3, 0.4) is 0 Å². The van der Waals surface area contributed by atoms with Gasteiger partial charge in [0, 0.05) is 6.54 Å². The zero-order valence-corrected chi connectivity index (χ0v) is 8.96. The highest BCUT2D eigenvalue weighted by atomic mass is 16.2. The Hall–Kier alpha value is -0.900. The first kappa shape index (κ1) is 11.2. The summed E-state index contributed by atoms with van der Waals surface area (Å²) < 4.78 is 0. The van der Waals surface area contributed by atoms with Gasteiger partial charge in [-0.15, -0.1) is 0 Å². The van der Waals surface area contributed by atoms with E-state index in [2.05, 4.69) is 24.5 Å². The fourth-order valence-corrected chi connectivity index (χ4v) is 1.58. The summed E-state index contributed by atoms with van der Waals surface area (Å²) in [5.74, 6) is 0.436. The summed E-state index contributed by atoms with van der Waals surface area (Å²) in [6.07, 6.45) is 0.816. The van der Waals surface area contributed by atoms with E-state index in [1.54, 1.807) is 0 Å². The van der Waals surface area contributed by atoms with Crippen molar-refractivity contribution in [2.24, 2.45) is 5.92 Å². The lowest BCUT2D eigenvalue weighted by molar-refractivity contribution is -0.130. The van der Waals surface area contributed by atoms with Gasteiger partial charge in [0.2, 0.25) is 5.91 Å². The van der Waals surface area contributed by atoms with Crippen molar-refractivity contribution in [1.82, 2.24) is 10.6 Å². The minimum Gasteiger partial charge on any atom is -0.344 e. The molecule has 0 aromatic rings. The summed E-state index contributed by atoms with van der Waals surface area (Å²) in [4.78, 5) is 22.5. The smallest absolute Gasteiger partial charge is 0.237 e. The fraction of sp³-hybridized carbons (Fsp3) is 0.800. The Labute approximate surface area is 84.4 Å². The van der Waals surface area contributed by atoms with E-state index in [9.17, 15) is 9.59 Å². The van der Waals surface area contributed by atoms with E-state index < -0.39 is 0 Å². The maximum Gasteiger partial charge on any atom is 0.237 e. The minimum absolute atomic E-state index is 0.00819. The Bertz CT molecular complexity index is 238. The number of hydrogen-bond donors (Lipinski definition) is 2. The molecule has 0 bridgehead atoms. The fourth-order valence-electron chi connectivity index (χ4n) is 1.58. The number of Topliss-reactive ketones (excluding diaryl/α,β-unsaturated/α-hetero) is 1. The summed E-state index contributed by atoms with van der Waals surface area (Å²) in [5.41, 5.74) is 0. The van der Waals surface area contributed by atoms with E-state index >= 15 is 0 Å². The number of hydrogen-bond acceptors (Lipinski definition) is 3. The molecular formula is C10H18N2O2. The summed E-state index contributed by atoms with van der Waals surface area (Å²) in [6.45, 7) is 6.20. The molecule has 1 fully saturated rings. The molecule has 0 aromatic carbocycles. The van der Waals surface area contributed by atoms with Gasteiger partial charge in [0.15, 0.2) is 5.78 Å². The molecule has 0 aliphatic carbocycles. The highest BCUT2D eigenvalue weighted by Crippen LogP contribution is 2.08. The third-order valence-electron chi connectivity index (χ3n) is 2.40. The van der Waals surface area contributed by atoms with Gasteiger partial charge < -0.3 is 10.6 Å². The lowest BCUT2D eigenvalue weighted by Crippen LogP contribution is -2.60. The molecule has 1 unspecified atom stereocenters. The number of carbonyl (C=O) groups excluding carboxylic acids is 2. The van der Waals surface area contributed by atoms with E-state index in [1.807, 2.05) is 0 Å². The summed E-state index contributed by atoms with van der Waals surface area (Å²) in [5, 5.41) is 5.82. The molecule has 14 heavy (non-hydrogen) atoms. The third-order valence-corrected chi connectivity index (χ3v) is 2.40. The molecule has 0 aromatic heterocycles. The largest absolute Gasteiger partial charge is 0.344 e. The molecule has 0 spiro atoms. The summed E-state index contributed by atoms with van der Waals surface area (Å²) in [7, 11) is 0. The normalized spacial score (nSPS) is 27.6. The van der Waals surface area contributed by atoms with Gasteiger partial charge in [-0.25, -0.2) is 0 Å². The maximum absolute atomic E-state index is 11.5. The topological polar surface area (TPSA) is 58.2 Å². The van der Waals surface area contributed by atoms with Gasteiger partial charge in [-0.05, 0) is 19.3 Å². The van der Waals surface area contributed by atoms with Crippen LogP contribution in [0.1, 0.15) is 27.2 Å². The van der Waals surface area contributed by atoms with Crippen molar-refractivity contribution in [3.63, 3.8) is 0 Å². The number of ketones is 1. The number of amides is 1. The SMILES string of the molecule is CC(=O)C1CN[C@@H](CC(C)C)C(=O)N1. The molecule has 2 N–H and O–H groups in total. The number of piperazine rings is 1. The standard InChI is InChI=1S/C10H18N2O2/c1-6(2)4-8-10(14)12-9(5-11-8)7(3)13/h6,8-9,11H,4-5H2,1-3H3,(H,12,14)/t8-,9?/m0/s1. The minimum atomic E-state index is -0.342. The van der Waals surface area contributed by atoms with E-state index in [1.165, 1.54) is 6.92 Å².